The van der Waals surface area contributed by atoms with Gasteiger partial charge < -0.3 is 52.1 Å². The number of hydrogen-bond acceptors (Lipinski definition) is 25. The van der Waals surface area contributed by atoms with Crippen molar-refractivity contribution in [3.05, 3.63) is 45.9 Å². The Morgan fingerprint density at radius 1 is 0.354 bits per heavy atom. The lowest BCUT2D eigenvalue weighted by atomic mass is 10.2. The summed E-state index contributed by atoms with van der Waals surface area (Å²) in [6.45, 7) is -0.541. The van der Waals surface area contributed by atoms with Crippen molar-refractivity contribution in [3.8, 4) is 37.0 Å². The molecular weight excluding hydrogens is 1110 g/mol. The van der Waals surface area contributed by atoms with Crippen LogP contribution in [0.15, 0.2) is 45.9 Å². The molecule has 0 N–H and O–H groups in total. The van der Waals surface area contributed by atoms with Crippen molar-refractivity contribution in [1.29, 1.82) is 0 Å². The summed E-state index contributed by atoms with van der Waals surface area (Å²) < 4.78 is 54.9. The van der Waals surface area contributed by atoms with E-state index in [1.165, 1.54) is 71.4 Å². The Morgan fingerprint density at radius 3 is 0.924 bits per heavy atom. The molecule has 0 saturated heterocycles. The number of esters is 10. The van der Waals surface area contributed by atoms with Crippen LogP contribution in [0.5, 0.6) is 0 Å². The van der Waals surface area contributed by atoms with E-state index in [9.17, 15) is 47.9 Å². The number of thioether (sulfide) groups is 4. The molecule has 0 aliphatic carbocycles. The third-order valence-corrected chi connectivity index (χ3v) is 12.4. The van der Waals surface area contributed by atoms with Gasteiger partial charge in [-0.1, -0.05) is 31.6 Å². The van der Waals surface area contributed by atoms with Gasteiger partial charge in [-0.2, -0.15) is 0 Å². The molecule has 0 spiro atoms. The normalized spacial score (nSPS) is 10.9. The number of terminal acetylenes is 3. The highest BCUT2D eigenvalue weighted by Gasteiger charge is 2.16. The van der Waals surface area contributed by atoms with Crippen molar-refractivity contribution in [2.24, 2.45) is 0 Å². The Bertz CT molecular complexity index is 1950. The molecule has 436 valence electrons. The van der Waals surface area contributed by atoms with Gasteiger partial charge in [-0.25, -0.2) is 28.8 Å². The monoisotopic (exact) mass is 1180 g/mol. The first-order valence-electron chi connectivity index (χ1n) is 25.0. The van der Waals surface area contributed by atoms with Gasteiger partial charge in [0.15, 0.2) is 0 Å². The summed E-state index contributed by atoms with van der Waals surface area (Å²) in [5.41, 5.74) is 0. The van der Waals surface area contributed by atoms with Gasteiger partial charge in [-0.3, -0.25) is 19.2 Å². The Hall–Kier alpha value is -6.30. The molecule has 0 unspecified atom stereocenters. The summed E-state index contributed by atoms with van der Waals surface area (Å²) >= 11 is 5.92. The maximum Gasteiger partial charge on any atom is 0.384 e. The van der Waals surface area contributed by atoms with Crippen LogP contribution in [-0.2, 0) is 100 Å². The van der Waals surface area contributed by atoms with Crippen LogP contribution in [-0.4, -0.2) is 161 Å². The maximum absolute atomic E-state index is 12.2. The fourth-order valence-electron chi connectivity index (χ4n) is 5.17. The van der Waals surface area contributed by atoms with Gasteiger partial charge in [0.1, 0.15) is 38.8 Å². The number of carbonyl (C=O) groups is 10. The Kier molecular flexibility index (Phi) is 49.4. The molecule has 0 saturated carbocycles. The molecule has 21 nitrogen and oxygen atoms in total. The van der Waals surface area contributed by atoms with Crippen molar-refractivity contribution in [1.82, 2.24) is 0 Å². The van der Waals surface area contributed by atoms with Crippen molar-refractivity contribution in [2.45, 2.75) is 96.0 Å². The third kappa shape index (κ3) is 52.2. The molecule has 25 heteroatoms. The summed E-state index contributed by atoms with van der Waals surface area (Å²) in [6, 6.07) is 0. The minimum atomic E-state index is -0.818. The maximum atomic E-state index is 12.2. The van der Waals surface area contributed by atoms with Crippen LogP contribution in [0.1, 0.15) is 89.9 Å². The molecule has 0 rings (SSSR count). The Morgan fingerprint density at radius 2 is 0.633 bits per heavy atom. The summed E-state index contributed by atoms with van der Waals surface area (Å²) in [4.78, 5) is 117. The molecule has 0 aromatic heterocycles. The van der Waals surface area contributed by atoms with Crippen LogP contribution >= 0.6 is 47.0 Å². The van der Waals surface area contributed by atoms with Gasteiger partial charge in [0.05, 0.1) is 52.9 Å². The van der Waals surface area contributed by atoms with E-state index in [0.717, 1.165) is 74.4 Å². The van der Waals surface area contributed by atoms with E-state index >= 15 is 0 Å². The van der Waals surface area contributed by atoms with Gasteiger partial charge in [-0.15, -0.1) is 66.3 Å². The zero-order valence-corrected chi connectivity index (χ0v) is 47.4. The average Bonchev–Trinajstić information content (AvgIpc) is 3.42. The van der Waals surface area contributed by atoms with Crippen LogP contribution in [0.3, 0.4) is 0 Å². The summed E-state index contributed by atoms with van der Waals surface area (Å²) in [5.74, 6) is 2.20. The van der Waals surface area contributed by atoms with E-state index in [1.54, 1.807) is 33.5 Å². The fourth-order valence-corrected chi connectivity index (χ4v) is 8.02. The lowest BCUT2D eigenvalue weighted by Crippen LogP contribution is -2.28. The van der Waals surface area contributed by atoms with E-state index in [-0.39, 0.29) is 98.4 Å². The van der Waals surface area contributed by atoms with Crippen LogP contribution in [0.2, 0.25) is 0 Å². The second-order valence-electron chi connectivity index (χ2n) is 15.5. The molecule has 0 heterocycles. The van der Waals surface area contributed by atoms with E-state index in [4.69, 9.17) is 61.9 Å². The topological polar surface area (TPSA) is 272 Å². The number of ether oxygens (including phenoxy) is 11. The minimum absolute atomic E-state index is 0.0184. The molecular formula is C54H70O21S4. The van der Waals surface area contributed by atoms with Gasteiger partial charge in [0.25, 0.3) is 0 Å². The molecule has 0 radical (unpaired) electrons. The lowest BCUT2D eigenvalue weighted by molar-refractivity contribution is -0.157. The zero-order chi connectivity index (χ0) is 58.2. The molecule has 0 bridgehead atoms. The molecule has 0 amide bonds. The standard InChI is InChI=1S/C54H70O21S4/c1-4-23-65-44(42-74-49(59)21-38-78-34-13-9-7-11-32-76-36-19-47(57)68-26-17-30-72-53(63)40-51(61)70-28-15-24-66-45(55)5-2)43-75-50(60)22-39-79-35-14-10-8-12-33-77-37-20-48(58)69-27-18-31-73-54(64)41-52(62)71-29-16-25-67-46(56)6-3/h1-3,19-22,36-39,44H,7-18,23-35,40-43H2/b36-19+,37-20+,38-21+,39-22+. The second kappa shape index (κ2) is 53.7. The number of rotatable bonds is 48. The van der Waals surface area contributed by atoms with E-state index < -0.39 is 78.6 Å². The third-order valence-electron chi connectivity index (χ3n) is 8.95. The van der Waals surface area contributed by atoms with Gasteiger partial charge in [0, 0.05) is 61.8 Å². The summed E-state index contributed by atoms with van der Waals surface area (Å²) in [6.07, 6.45) is 27.1. The van der Waals surface area contributed by atoms with Crippen LogP contribution in [0.4, 0.5) is 0 Å². The van der Waals surface area contributed by atoms with Crippen molar-refractivity contribution in [2.75, 3.05) is 95.7 Å². The Balaban J connectivity index is 3.90. The first-order chi connectivity index (χ1) is 38.3. The van der Waals surface area contributed by atoms with Crippen molar-refractivity contribution in [3.63, 3.8) is 0 Å². The fraction of sp³-hybridized carbons (Fsp3) is 0.556. The molecule has 0 aliphatic heterocycles. The molecule has 0 atom stereocenters. The summed E-state index contributed by atoms with van der Waals surface area (Å²) in [5, 5.41) is 6.65. The highest BCUT2D eigenvalue weighted by atomic mass is 32.2. The largest absolute Gasteiger partial charge is 0.465 e. The number of hydrogen-bond donors (Lipinski definition) is 0. The number of carbonyl (C=O) groups excluding carboxylic acids is 10. The van der Waals surface area contributed by atoms with E-state index in [1.807, 2.05) is 0 Å². The molecule has 79 heavy (non-hydrogen) atoms. The predicted octanol–water partition coefficient (Wildman–Crippen LogP) is 6.15. The van der Waals surface area contributed by atoms with E-state index in [0.29, 0.717) is 0 Å². The molecule has 0 aliphatic rings. The highest BCUT2D eigenvalue weighted by Crippen LogP contribution is 2.14. The lowest BCUT2D eigenvalue weighted by Gasteiger charge is -2.15. The average molecular weight is 1180 g/mol. The SMILES string of the molecule is C#CCOC(COC(=O)/C=C/SCCCCCCS/C=C/C(=O)OCCCOC(=O)CC(=O)OCCCOC(=O)C#C)COC(=O)/C=C/SCCCCCCS/C=C/C(=O)OCCCOC(=O)CC(=O)OCCCOC(=O)C#C. The van der Waals surface area contributed by atoms with Crippen LogP contribution in [0.25, 0.3) is 0 Å². The first kappa shape index (κ1) is 72.7. The number of unbranched alkanes of at least 4 members (excludes halogenated alkanes) is 6. The summed E-state index contributed by atoms with van der Waals surface area (Å²) in [7, 11) is 0. The quantitative estimate of drug-likeness (QED) is 0.0126. The minimum Gasteiger partial charge on any atom is -0.465 e. The molecule has 0 aromatic rings. The highest BCUT2D eigenvalue weighted by molar-refractivity contribution is 8.02. The van der Waals surface area contributed by atoms with Gasteiger partial charge in [-0.05, 0) is 70.3 Å². The van der Waals surface area contributed by atoms with Crippen LogP contribution in [0, 0.1) is 37.0 Å². The van der Waals surface area contributed by atoms with Crippen LogP contribution < -0.4 is 0 Å². The molecule has 0 aromatic carbocycles. The van der Waals surface area contributed by atoms with Gasteiger partial charge in [0.2, 0.25) is 0 Å². The van der Waals surface area contributed by atoms with Crippen molar-refractivity contribution < 1.29 is 100 Å². The predicted molar refractivity (Wildman–Crippen MR) is 297 cm³/mol. The zero-order valence-electron chi connectivity index (χ0n) is 44.1. The first-order valence-corrected chi connectivity index (χ1v) is 29.2. The van der Waals surface area contributed by atoms with Gasteiger partial charge >= 0.3 is 59.7 Å². The molecule has 0 fully saturated rings. The smallest absolute Gasteiger partial charge is 0.384 e. The van der Waals surface area contributed by atoms with Crippen molar-refractivity contribution >= 4 is 107 Å². The Labute approximate surface area is 479 Å². The van der Waals surface area contributed by atoms with E-state index in [2.05, 4.69) is 15.4 Å². The second-order valence-corrected chi connectivity index (χ2v) is 19.5.